The molecule has 0 saturated heterocycles. The van der Waals surface area contributed by atoms with Crippen LogP contribution in [0.3, 0.4) is 0 Å². The zero-order chi connectivity index (χ0) is 14.3. The second kappa shape index (κ2) is 4.84. The van der Waals surface area contributed by atoms with Crippen LogP contribution in [-0.2, 0) is 9.53 Å². The normalized spacial score (nSPS) is 33.2. The Morgan fingerprint density at radius 2 is 2.11 bits per heavy atom. The Bertz CT molecular complexity index is 387. The molecule has 0 aliphatic heterocycles. The SMILES string of the molecule is CC(C)COC(=O)CC1(C(F)(F)F)CC2C=CC1C2. The third-order valence-corrected chi connectivity index (χ3v) is 4.11. The van der Waals surface area contributed by atoms with E-state index in [0.717, 1.165) is 0 Å². The first kappa shape index (κ1) is 14.4. The van der Waals surface area contributed by atoms with Gasteiger partial charge < -0.3 is 4.74 Å². The van der Waals surface area contributed by atoms with Crippen molar-refractivity contribution in [2.45, 2.75) is 39.3 Å². The number of rotatable bonds is 4. The van der Waals surface area contributed by atoms with Gasteiger partial charge in [0.2, 0.25) is 0 Å². The van der Waals surface area contributed by atoms with Gasteiger partial charge in [-0.1, -0.05) is 26.0 Å². The number of hydrogen-bond donors (Lipinski definition) is 0. The Balaban J connectivity index is 2.09. The van der Waals surface area contributed by atoms with Crippen molar-refractivity contribution in [2.75, 3.05) is 6.61 Å². The van der Waals surface area contributed by atoms with Crippen LogP contribution in [0.5, 0.6) is 0 Å². The molecule has 2 aliphatic carbocycles. The summed E-state index contributed by atoms with van der Waals surface area (Å²) in [4.78, 5) is 11.7. The fourth-order valence-electron chi connectivity index (χ4n) is 3.15. The van der Waals surface area contributed by atoms with Crippen molar-refractivity contribution in [3.05, 3.63) is 12.2 Å². The molecule has 2 rings (SSSR count). The standard InChI is InChI=1S/C14H19F3O2/c1-9(2)8-19-12(18)7-13(14(15,16)17)6-10-3-4-11(13)5-10/h3-4,9-11H,5-8H2,1-2H3. The Hall–Kier alpha value is -1.00. The van der Waals surface area contributed by atoms with Crippen molar-refractivity contribution >= 4 is 5.97 Å². The maximum Gasteiger partial charge on any atom is 0.395 e. The summed E-state index contributed by atoms with van der Waals surface area (Å²) in [5.74, 6) is -1.20. The van der Waals surface area contributed by atoms with Crippen LogP contribution in [0.15, 0.2) is 12.2 Å². The predicted octanol–water partition coefficient (Wildman–Crippen LogP) is 3.72. The molecule has 0 aromatic carbocycles. The molecule has 0 radical (unpaired) electrons. The largest absolute Gasteiger partial charge is 0.465 e. The quantitative estimate of drug-likeness (QED) is 0.578. The van der Waals surface area contributed by atoms with Gasteiger partial charge in [-0.3, -0.25) is 4.79 Å². The van der Waals surface area contributed by atoms with Gasteiger partial charge in [0.25, 0.3) is 0 Å². The number of esters is 1. The number of allylic oxidation sites excluding steroid dienone is 2. The molecule has 5 heteroatoms. The average molecular weight is 276 g/mol. The molecule has 2 aliphatic rings. The summed E-state index contributed by atoms with van der Waals surface area (Å²) in [5, 5.41) is 0. The van der Waals surface area contributed by atoms with Gasteiger partial charge >= 0.3 is 12.1 Å². The molecule has 0 aromatic rings. The van der Waals surface area contributed by atoms with E-state index >= 15 is 0 Å². The summed E-state index contributed by atoms with van der Waals surface area (Å²) in [7, 11) is 0. The van der Waals surface area contributed by atoms with Crippen molar-refractivity contribution in [2.24, 2.45) is 23.2 Å². The molecule has 0 amide bonds. The number of ether oxygens (including phenoxy) is 1. The molecular weight excluding hydrogens is 257 g/mol. The lowest BCUT2D eigenvalue weighted by molar-refractivity contribution is -0.238. The van der Waals surface area contributed by atoms with E-state index in [9.17, 15) is 18.0 Å². The minimum atomic E-state index is -4.35. The van der Waals surface area contributed by atoms with Gasteiger partial charge in [0, 0.05) is 0 Å². The van der Waals surface area contributed by atoms with E-state index in [2.05, 4.69) is 0 Å². The van der Waals surface area contributed by atoms with E-state index in [0.29, 0.717) is 6.42 Å². The van der Waals surface area contributed by atoms with Gasteiger partial charge in [-0.15, -0.1) is 0 Å². The van der Waals surface area contributed by atoms with Gasteiger partial charge in [-0.2, -0.15) is 13.2 Å². The molecule has 3 atom stereocenters. The van der Waals surface area contributed by atoms with Crippen LogP contribution in [0.1, 0.15) is 33.1 Å². The van der Waals surface area contributed by atoms with Crippen LogP contribution in [0, 0.1) is 23.2 Å². The third kappa shape index (κ3) is 2.65. The van der Waals surface area contributed by atoms with Crippen LogP contribution >= 0.6 is 0 Å². The Kier molecular flexibility index (Phi) is 3.67. The first-order chi connectivity index (χ1) is 8.74. The molecule has 108 valence electrons. The average Bonchev–Trinajstić information content (AvgIpc) is 2.85. The molecule has 0 N–H and O–H groups in total. The Morgan fingerprint density at radius 1 is 1.42 bits per heavy atom. The van der Waals surface area contributed by atoms with Crippen LogP contribution in [-0.4, -0.2) is 18.8 Å². The summed E-state index contributed by atoms with van der Waals surface area (Å²) < 4.78 is 45.1. The van der Waals surface area contributed by atoms with E-state index in [1.165, 1.54) is 0 Å². The molecule has 1 fully saturated rings. The minimum absolute atomic E-state index is 0.0223. The predicted molar refractivity (Wildman–Crippen MR) is 64.3 cm³/mol. The Morgan fingerprint density at radius 3 is 2.53 bits per heavy atom. The van der Waals surface area contributed by atoms with Crippen molar-refractivity contribution in [3.8, 4) is 0 Å². The summed E-state index contributed by atoms with van der Waals surface area (Å²) in [6.07, 6.45) is -0.903. The van der Waals surface area contributed by atoms with Crippen LogP contribution in [0.2, 0.25) is 0 Å². The first-order valence-corrected chi connectivity index (χ1v) is 6.65. The summed E-state index contributed by atoms with van der Waals surface area (Å²) in [5.41, 5.74) is -1.90. The number of carbonyl (C=O) groups is 1. The van der Waals surface area contributed by atoms with Gasteiger partial charge in [0.05, 0.1) is 18.4 Å². The highest BCUT2D eigenvalue weighted by atomic mass is 19.4. The van der Waals surface area contributed by atoms with E-state index in [4.69, 9.17) is 4.74 Å². The monoisotopic (exact) mass is 276 g/mol. The summed E-state index contributed by atoms with van der Waals surface area (Å²) in [6, 6.07) is 0. The number of halogens is 3. The molecule has 3 unspecified atom stereocenters. The molecule has 0 spiro atoms. The fourth-order valence-corrected chi connectivity index (χ4v) is 3.15. The van der Waals surface area contributed by atoms with Gasteiger partial charge in [-0.25, -0.2) is 0 Å². The van der Waals surface area contributed by atoms with Gasteiger partial charge in [0.1, 0.15) is 0 Å². The van der Waals surface area contributed by atoms with Crippen molar-refractivity contribution < 1.29 is 22.7 Å². The molecule has 0 heterocycles. The zero-order valence-electron chi connectivity index (χ0n) is 11.2. The van der Waals surface area contributed by atoms with Crippen molar-refractivity contribution in [3.63, 3.8) is 0 Å². The Labute approximate surface area is 111 Å². The van der Waals surface area contributed by atoms with Crippen LogP contribution in [0.25, 0.3) is 0 Å². The summed E-state index contributed by atoms with van der Waals surface area (Å²) >= 11 is 0. The van der Waals surface area contributed by atoms with Crippen LogP contribution in [0.4, 0.5) is 13.2 Å². The summed E-state index contributed by atoms with van der Waals surface area (Å²) in [6.45, 7) is 3.89. The molecule has 19 heavy (non-hydrogen) atoms. The van der Waals surface area contributed by atoms with Crippen molar-refractivity contribution in [1.82, 2.24) is 0 Å². The highest BCUT2D eigenvalue weighted by Gasteiger charge is 2.64. The van der Waals surface area contributed by atoms with E-state index in [1.54, 1.807) is 6.08 Å². The van der Waals surface area contributed by atoms with Gasteiger partial charge in [-0.05, 0) is 30.6 Å². The number of fused-ring (bicyclic) bond motifs is 2. The molecule has 1 saturated carbocycles. The highest BCUT2D eigenvalue weighted by molar-refractivity contribution is 5.70. The topological polar surface area (TPSA) is 26.3 Å². The van der Waals surface area contributed by atoms with Crippen LogP contribution < -0.4 is 0 Å². The number of carbonyl (C=O) groups excluding carboxylic acids is 1. The molecule has 2 bridgehead atoms. The maximum atomic E-state index is 13.4. The minimum Gasteiger partial charge on any atom is -0.465 e. The highest BCUT2D eigenvalue weighted by Crippen LogP contribution is 2.61. The number of hydrogen-bond acceptors (Lipinski definition) is 2. The maximum absolute atomic E-state index is 13.4. The lowest BCUT2D eigenvalue weighted by Gasteiger charge is -2.36. The second-order valence-corrected chi connectivity index (χ2v) is 6.10. The van der Waals surface area contributed by atoms with E-state index in [1.807, 2.05) is 19.9 Å². The first-order valence-electron chi connectivity index (χ1n) is 6.65. The zero-order valence-corrected chi connectivity index (χ0v) is 11.2. The van der Waals surface area contributed by atoms with Gasteiger partial charge in [0.15, 0.2) is 0 Å². The van der Waals surface area contributed by atoms with Crippen molar-refractivity contribution in [1.29, 1.82) is 0 Å². The fraction of sp³-hybridized carbons (Fsp3) is 0.786. The molecular formula is C14H19F3O2. The lowest BCUT2D eigenvalue weighted by Crippen LogP contribution is -2.43. The van der Waals surface area contributed by atoms with E-state index in [-0.39, 0.29) is 24.9 Å². The molecule has 0 aromatic heterocycles. The smallest absolute Gasteiger partial charge is 0.395 e. The second-order valence-electron chi connectivity index (χ2n) is 6.10. The number of alkyl halides is 3. The lowest BCUT2D eigenvalue weighted by atomic mass is 9.72. The van der Waals surface area contributed by atoms with E-state index < -0.39 is 29.9 Å². The third-order valence-electron chi connectivity index (χ3n) is 4.11. The molecule has 2 nitrogen and oxygen atoms in total.